The fraction of sp³-hybridized carbons (Fsp3) is 0.444. The molecular weight excluding hydrogens is 676 g/mol. The summed E-state index contributed by atoms with van der Waals surface area (Å²) in [7, 11) is 1.78. The first-order valence-corrected chi connectivity index (χ1v) is 18.6. The number of rotatable bonds is 7. The number of anilines is 1. The second-order valence-corrected chi connectivity index (χ2v) is 15.6. The number of nitrogens with one attached hydrogen (secondary N) is 2. The summed E-state index contributed by atoms with van der Waals surface area (Å²) in [6.45, 7) is 3.13. The van der Waals surface area contributed by atoms with Crippen molar-refractivity contribution >= 4 is 68.3 Å². The highest BCUT2D eigenvalue weighted by molar-refractivity contribution is 7.17. The Morgan fingerprint density at radius 2 is 1.84 bits per heavy atom. The number of aromatic nitrogens is 5. The van der Waals surface area contributed by atoms with Crippen LogP contribution < -0.4 is 16.3 Å². The third-order valence-corrected chi connectivity index (χ3v) is 12.0. The Balaban J connectivity index is 0.865. The number of likely N-dealkylation sites (tertiary alicyclic amines) is 1. The molecule has 2 N–H and O–H groups in total. The Kier molecular flexibility index (Phi) is 8.82. The average Bonchev–Trinajstić information content (AvgIpc) is 3.81. The maximum Gasteiger partial charge on any atom is 0.329 e. The van der Waals surface area contributed by atoms with Gasteiger partial charge in [0.1, 0.15) is 10.4 Å². The first kappa shape index (κ1) is 32.9. The van der Waals surface area contributed by atoms with Crippen molar-refractivity contribution in [1.29, 1.82) is 0 Å². The van der Waals surface area contributed by atoms with E-state index in [0.717, 1.165) is 91.4 Å². The molecule has 2 saturated heterocycles. The Morgan fingerprint density at radius 3 is 2.58 bits per heavy atom. The third-order valence-electron chi connectivity index (χ3n) is 10.8. The number of imide groups is 1. The number of aryl methyl sites for hydroxylation is 1. The number of benzene rings is 2. The van der Waals surface area contributed by atoms with Gasteiger partial charge in [-0.15, -0.1) is 0 Å². The molecule has 8 rings (SSSR count). The van der Waals surface area contributed by atoms with Gasteiger partial charge in [-0.25, -0.2) is 9.78 Å². The zero-order valence-electron chi connectivity index (χ0n) is 27.8. The van der Waals surface area contributed by atoms with Crippen molar-refractivity contribution in [3.05, 3.63) is 74.2 Å². The summed E-state index contributed by atoms with van der Waals surface area (Å²) in [5, 5.41) is 11.5. The molecule has 3 fully saturated rings. The van der Waals surface area contributed by atoms with Crippen molar-refractivity contribution in [3.63, 3.8) is 0 Å². The zero-order valence-corrected chi connectivity index (χ0v) is 29.4. The van der Waals surface area contributed by atoms with Crippen molar-refractivity contribution in [2.24, 2.45) is 13.0 Å². The van der Waals surface area contributed by atoms with Crippen LogP contribution in [-0.2, 0) is 16.6 Å². The number of carbonyl (C=O) groups excluding carboxylic acids is 3. The van der Waals surface area contributed by atoms with E-state index in [0.29, 0.717) is 39.3 Å². The minimum Gasteiger partial charge on any atom is -0.320 e. The predicted molar refractivity (Wildman–Crippen MR) is 193 cm³/mol. The highest BCUT2D eigenvalue weighted by Crippen LogP contribution is 2.37. The second-order valence-electron chi connectivity index (χ2n) is 13.9. The fourth-order valence-corrected chi connectivity index (χ4v) is 9.07. The van der Waals surface area contributed by atoms with Crippen LogP contribution in [0.5, 0.6) is 0 Å². The van der Waals surface area contributed by atoms with Gasteiger partial charge in [0.15, 0.2) is 5.01 Å². The molecule has 2 aromatic carbocycles. The molecule has 3 aromatic heterocycles. The largest absolute Gasteiger partial charge is 0.329 e. The summed E-state index contributed by atoms with van der Waals surface area (Å²) in [6, 6.07) is 11.5. The number of imidazole rings is 1. The minimum atomic E-state index is -0.675. The maximum absolute atomic E-state index is 13.4. The lowest BCUT2D eigenvalue weighted by Crippen LogP contribution is -2.44. The lowest BCUT2D eigenvalue weighted by Gasteiger charge is -2.37. The molecule has 1 unspecified atom stereocenters. The zero-order chi connectivity index (χ0) is 34.5. The van der Waals surface area contributed by atoms with E-state index in [1.54, 1.807) is 16.2 Å². The number of hydrogen-bond donors (Lipinski definition) is 2. The quantitative estimate of drug-likeness (QED) is 0.208. The second kappa shape index (κ2) is 13.4. The summed E-state index contributed by atoms with van der Waals surface area (Å²) < 4.78 is 5.85. The number of thiazole rings is 1. The van der Waals surface area contributed by atoms with Gasteiger partial charge in [0.2, 0.25) is 11.8 Å². The van der Waals surface area contributed by atoms with Crippen molar-refractivity contribution in [2.45, 2.75) is 69.4 Å². The summed E-state index contributed by atoms with van der Waals surface area (Å²) in [5.41, 5.74) is 4.22. The minimum absolute atomic E-state index is 0.217. The van der Waals surface area contributed by atoms with E-state index < -0.39 is 11.9 Å². The van der Waals surface area contributed by atoms with E-state index in [4.69, 9.17) is 16.7 Å². The van der Waals surface area contributed by atoms with Gasteiger partial charge >= 0.3 is 5.69 Å². The van der Waals surface area contributed by atoms with Gasteiger partial charge in [-0.3, -0.25) is 33.5 Å². The number of para-hydroxylation sites is 1. The molecule has 260 valence electrons. The normalized spacial score (nSPS) is 22.3. The topological polar surface area (TPSA) is 136 Å². The molecule has 3 aliphatic rings. The Labute approximate surface area is 297 Å². The molecule has 0 radical (unpaired) electrons. The van der Waals surface area contributed by atoms with Gasteiger partial charge in [0.05, 0.1) is 28.8 Å². The highest BCUT2D eigenvalue weighted by atomic mass is 35.5. The Morgan fingerprint density at radius 1 is 1.04 bits per heavy atom. The van der Waals surface area contributed by atoms with Crippen LogP contribution in [0.25, 0.3) is 21.9 Å². The smallest absolute Gasteiger partial charge is 0.320 e. The van der Waals surface area contributed by atoms with E-state index in [-0.39, 0.29) is 23.9 Å². The summed E-state index contributed by atoms with van der Waals surface area (Å²) in [5.74, 6) is 0.0213. The van der Waals surface area contributed by atoms with Gasteiger partial charge in [-0.1, -0.05) is 35.1 Å². The van der Waals surface area contributed by atoms with Crippen LogP contribution in [0.2, 0.25) is 4.34 Å². The van der Waals surface area contributed by atoms with E-state index in [1.165, 1.54) is 11.8 Å². The Bertz CT molecular complexity index is 2170. The van der Waals surface area contributed by atoms with Crippen LogP contribution in [0.1, 0.15) is 84.7 Å². The van der Waals surface area contributed by atoms with E-state index >= 15 is 0 Å². The van der Waals surface area contributed by atoms with Gasteiger partial charge in [0, 0.05) is 37.3 Å². The molecule has 1 aliphatic carbocycles. The average molecular weight is 715 g/mol. The number of amides is 3. The van der Waals surface area contributed by atoms with Crippen LogP contribution in [0, 0.1) is 5.92 Å². The monoisotopic (exact) mass is 714 g/mol. The van der Waals surface area contributed by atoms with Crippen molar-refractivity contribution in [2.75, 3.05) is 25.0 Å². The standard InChI is InChI=1S/C36H39ClN8O4S/c1-42-32-26(3-2-4-28(32)45(36(42)49)29-11-12-31(46)40-33(29)47)22-13-15-43(16-14-22)19-21-5-8-25(9-6-21)44-20-23-17-24(7-10-27(23)41-44)39-34(48)35-38-18-30(37)50-35/h2-4,7,10,17-18,20-22,25,29H,5-6,8-9,11-16,19H2,1H3,(H,39,48)(H,40,46,47)/t21-,25-,29?. The van der Waals surface area contributed by atoms with Crippen LogP contribution in [0.15, 0.2) is 53.6 Å². The molecule has 1 saturated carbocycles. The Hall–Kier alpha value is -4.33. The summed E-state index contributed by atoms with van der Waals surface area (Å²) >= 11 is 7.09. The lowest BCUT2D eigenvalue weighted by atomic mass is 9.84. The molecule has 12 nitrogen and oxygen atoms in total. The number of piperidine rings is 2. The third kappa shape index (κ3) is 6.26. The van der Waals surface area contributed by atoms with Crippen molar-refractivity contribution in [3.8, 4) is 0 Å². The van der Waals surface area contributed by atoms with E-state index in [9.17, 15) is 19.2 Å². The first-order chi connectivity index (χ1) is 24.2. The van der Waals surface area contributed by atoms with Crippen LogP contribution in [-0.4, -0.2) is 66.2 Å². The fourth-order valence-electron chi connectivity index (χ4n) is 8.27. The summed E-state index contributed by atoms with van der Waals surface area (Å²) in [4.78, 5) is 57.0. The number of nitrogens with zero attached hydrogens (tertiary/aromatic N) is 6. The molecule has 5 aromatic rings. The van der Waals surface area contributed by atoms with Crippen LogP contribution >= 0.6 is 22.9 Å². The molecule has 14 heteroatoms. The molecule has 5 heterocycles. The number of carbonyl (C=O) groups is 3. The van der Waals surface area contributed by atoms with Crippen molar-refractivity contribution < 1.29 is 14.4 Å². The highest BCUT2D eigenvalue weighted by Gasteiger charge is 2.33. The van der Waals surface area contributed by atoms with Gasteiger partial charge in [0.25, 0.3) is 5.91 Å². The molecule has 0 bridgehead atoms. The number of fused-ring (bicyclic) bond motifs is 2. The van der Waals surface area contributed by atoms with Crippen LogP contribution in [0.4, 0.5) is 5.69 Å². The first-order valence-electron chi connectivity index (χ1n) is 17.4. The van der Waals surface area contributed by atoms with Gasteiger partial charge in [-0.05, 0) is 99.7 Å². The lowest BCUT2D eigenvalue weighted by molar-refractivity contribution is -0.135. The van der Waals surface area contributed by atoms with Gasteiger partial charge < -0.3 is 10.2 Å². The molecule has 3 amide bonds. The molecule has 2 aliphatic heterocycles. The van der Waals surface area contributed by atoms with Crippen LogP contribution in [0.3, 0.4) is 0 Å². The predicted octanol–water partition coefficient (Wildman–Crippen LogP) is 5.64. The van der Waals surface area contributed by atoms with E-state index in [2.05, 4.69) is 37.5 Å². The summed E-state index contributed by atoms with van der Waals surface area (Å²) in [6.07, 6.45) is 10.7. The molecule has 0 spiro atoms. The molecule has 1 atom stereocenters. The molecule has 50 heavy (non-hydrogen) atoms. The SMILES string of the molecule is Cn1c(=O)n(C2CCC(=O)NC2=O)c2cccc(C3CCN(C[C@H]4CC[C@H](n5cc6cc(NC(=O)c7ncc(Cl)s7)ccc6n5)CC4)CC3)c21. The van der Waals surface area contributed by atoms with E-state index in [1.807, 2.05) is 30.3 Å². The van der Waals surface area contributed by atoms with Gasteiger partial charge in [-0.2, -0.15) is 5.10 Å². The maximum atomic E-state index is 13.4. The molecular formula is C36H39ClN8O4S. The number of hydrogen-bond acceptors (Lipinski definition) is 8. The number of halogens is 1. The van der Waals surface area contributed by atoms with Crippen molar-refractivity contribution in [1.82, 2.24) is 34.1 Å².